The zero-order valence-corrected chi connectivity index (χ0v) is 16.2. The van der Waals surface area contributed by atoms with E-state index in [1.54, 1.807) is 24.3 Å². The summed E-state index contributed by atoms with van der Waals surface area (Å²) in [6.07, 6.45) is 7.15. The maximum atomic E-state index is 12.8. The summed E-state index contributed by atoms with van der Waals surface area (Å²) in [4.78, 5) is 51.1. The van der Waals surface area contributed by atoms with Gasteiger partial charge in [0.05, 0.1) is 30.0 Å². The highest BCUT2D eigenvalue weighted by Crippen LogP contribution is 2.35. The van der Waals surface area contributed by atoms with E-state index in [0.29, 0.717) is 35.7 Å². The fourth-order valence-electron chi connectivity index (χ4n) is 4.26. The molecule has 29 heavy (non-hydrogen) atoms. The van der Waals surface area contributed by atoms with Crippen molar-refractivity contribution in [2.45, 2.75) is 25.7 Å². The lowest BCUT2D eigenvalue weighted by molar-refractivity contribution is -0.139. The Morgan fingerprint density at radius 1 is 1.07 bits per heavy atom. The number of hydrogen-bond donors (Lipinski definition) is 0. The maximum Gasteiger partial charge on any atom is 0.340 e. The smallest absolute Gasteiger partial charge is 0.340 e. The van der Waals surface area contributed by atoms with Gasteiger partial charge in [-0.15, -0.1) is 0 Å². The predicted octanol–water partition coefficient (Wildman–Crippen LogP) is 2.80. The average molecular weight is 394 g/mol. The van der Waals surface area contributed by atoms with Gasteiger partial charge in [0.25, 0.3) is 0 Å². The molecule has 4 rings (SSSR count). The summed E-state index contributed by atoms with van der Waals surface area (Å²) < 4.78 is 6.25. The number of allylic oxidation sites excluding steroid dienone is 2. The number of methoxy groups -OCH3 is 1. The van der Waals surface area contributed by atoms with Crippen LogP contribution in [0, 0.1) is 11.8 Å². The molecule has 1 fully saturated rings. The van der Waals surface area contributed by atoms with Crippen LogP contribution in [0.25, 0.3) is 10.9 Å². The molecule has 0 saturated carbocycles. The van der Waals surface area contributed by atoms with Crippen molar-refractivity contribution in [2.75, 3.05) is 13.7 Å². The van der Waals surface area contributed by atoms with Crippen molar-refractivity contribution in [3.05, 3.63) is 48.2 Å². The molecule has 7 nitrogen and oxygen atoms in total. The van der Waals surface area contributed by atoms with Gasteiger partial charge in [0.1, 0.15) is 0 Å². The van der Waals surface area contributed by atoms with Gasteiger partial charge >= 0.3 is 5.97 Å². The highest BCUT2D eigenvalue weighted by molar-refractivity contribution is 6.07. The molecule has 2 amide bonds. The van der Waals surface area contributed by atoms with Crippen LogP contribution in [-0.4, -0.2) is 46.8 Å². The molecular weight excluding hydrogens is 372 g/mol. The second-order valence-corrected chi connectivity index (χ2v) is 7.40. The molecule has 1 aliphatic heterocycles. The maximum absolute atomic E-state index is 12.8. The Labute approximate surface area is 167 Å². The summed E-state index contributed by atoms with van der Waals surface area (Å²) in [6, 6.07) is 7.13. The summed E-state index contributed by atoms with van der Waals surface area (Å²) in [5.41, 5.74) is 0.959. The molecule has 2 aromatic rings. The number of rotatable bonds is 5. The van der Waals surface area contributed by atoms with Crippen LogP contribution in [-0.2, 0) is 14.3 Å². The van der Waals surface area contributed by atoms with Crippen LogP contribution in [0.2, 0.25) is 0 Å². The Kier molecular flexibility index (Phi) is 5.05. The molecule has 150 valence electrons. The zero-order valence-electron chi connectivity index (χ0n) is 16.2. The molecule has 1 aliphatic carbocycles. The van der Waals surface area contributed by atoms with Gasteiger partial charge in [-0.2, -0.15) is 0 Å². The topological polar surface area (TPSA) is 85.7 Å². The predicted molar refractivity (Wildman–Crippen MR) is 105 cm³/mol. The lowest BCUT2D eigenvalue weighted by Crippen LogP contribution is -2.32. The number of fused-ring (bicyclic) bond motifs is 2. The van der Waals surface area contributed by atoms with Crippen molar-refractivity contribution >= 4 is 34.6 Å². The van der Waals surface area contributed by atoms with Gasteiger partial charge in [0.15, 0.2) is 0 Å². The quantitative estimate of drug-likeness (QED) is 0.442. The van der Waals surface area contributed by atoms with Crippen molar-refractivity contribution in [3.8, 4) is 0 Å². The van der Waals surface area contributed by atoms with Gasteiger partial charge in [0.2, 0.25) is 17.7 Å². The average Bonchev–Trinajstić information content (AvgIpc) is 3.25. The molecule has 2 atom stereocenters. The van der Waals surface area contributed by atoms with E-state index in [-0.39, 0.29) is 42.5 Å². The highest BCUT2D eigenvalue weighted by Gasteiger charge is 2.46. The first-order valence-corrected chi connectivity index (χ1v) is 9.74. The number of carbonyl (C=O) groups excluding carboxylic acids is 4. The summed E-state index contributed by atoms with van der Waals surface area (Å²) in [5, 5.41) is 0.647. The molecule has 0 spiro atoms. The van der Waals surface area contributed by atoms with E-state index in [2.05, 4.69) is 0 Å². The van der Waals surface area contributed by atoms with Gasteiger partial charge in [0, 0.05) is 24.5 Å². The molecule has 1 saturated heterocycles. The normalized spacial score (nSPS) is 20.9. The number of benzene rings is 1. The third kappa shape index (κ3) is 3.26. The Morgan fingerprint density at radius 3 is 2.38 bits per heavy atom. The molecule has 2 aliphatic rings. The minimum absolute atomic E-state index is 0.129. The summed E-state index contributed by atoms with van der Waals surface area (Å²) >= 11 is 0. The minimum Gasteiger partial charge on any atom is -0.465 e. The van der Waals surface area contributed by atoms with E-state index >= 15 is 0 Å². The molecule has 1 aromatic carbocycles. The van der Waals surface area contributed by atoms with Crippen LogP contribution in [0.3, 0.4) is 0 Å². The lowest BCUT2D eigenvalue weighted by Gasteiger charge is -2.14. The van der Waals surface area contributed by atoms with Crippen LogP contribution in [0.5, 0.6) is 0 Å². The summed E-state index contributed by atoms with van der Waals surface area (Å²) in [5.74, 6) is -1.46. The fraction of sp³-hybridized carbons (Fsp3) is 0.364. The number of imide groups is 1. The van der Waals surface area contributed by atoms with Gasteiger partial charge in [-0.05, 0) is 25.3 Å². The van der Waals surface area contributed by atoms with Crippen LogP contribution >= 0.6 is 0 Å². The van der Waals surface area contributed by atoms with E-state index in [1.807, 2.05) is 12.2 Å². The van der Waals surface area contributed by atoms with Gasteiger partial charge in [-0.1, -0.05) is 30.4 Å². The number of esters is 1. The van der Waals surface area contributed by atoms with Gasteiger partial charge < -0.3 is 4.74 Å². The number of hydrogen-bond acceptors (Lipinski definition) is 5. The third-order valence-electron chi connectivity index (χ3n) is 5.76. The first kappa shape index (κ1) is 19.1. The van der Waals surface area contributed by atoms with Crippen molar-refractivity contribution < 1.29 is 23.9 Å². The highest BCUT2D eigenvalue weighted by atomic mass is 16.5. The van der Waals surface area contributed by atoms with Crippen LogP contribution < -0.4 is 0 Å². The van der Waals surface area contributed by atoms with E-state index in [9.17, 15) is 19.2 Å². The van der Waals surface area contributed by atoms with Crippen molar-refractivity contribution in [2.24, 2.45) is 11.8 Å². The number of likely N-dealkylation sites (tertiary alicyclic amines) is 1. The van der Waals surface area contributed by atoms with E-state index in [4.69, 9.17) is 4.74 Å². The third-order valence-corrected chi connectivity index (χ3v) is 5.76. The lowest BCUT2D eigenvalue weighted by atomic mass is 9.85. The van der Waals surface area contributed by atoms with Gasteiger partial charge in [-0.25, -0.2) is 4.79 Å². The summed E-state index contributed by atoms with van der Waals surface area (Å²) in [7, 11) is 1.30. The van der Waals surface area contributed by atoms with Gasteiger partial charge in [-0.3, -0.25) is 23.9 Å². The van der Waals surface area contributed by atoms with Crippen molar-refractivity contribution in [3.63, 3.8) is 0 Å². The van der Waals surface area contributed by atoms with Crippen molar-refractivity contribution in [1.29, 1.82) is 0 Å². The monoisotopic (exact) mass is 394 g/mol. The van der Waals surface area contributed by atoms with E-state index in [1.165, 1.54) is 22.8 Å². The van der Waals surface area contributed by atoms with Crippen LogP contribution in [0.15, 0.2) is 42.6 Å². The molecule has 0 N–H and O–H groups in total. The number of para-hydroxylation sites is 1. The first-order valence-electron chi connectivity index (χ1n) is 9.74. The summed E-state index contributed by atoms with van der Waals surface area (Å²) in [6.45, 7) is 0.236. The molecule has 0 radical (unpaired) electrons. The Balaban J connectivity index is 1.45. The minimum atomic E-state index is -0.503. The molecule has 1 aromatic heterocycles. The molecular formula is C22H22N2O5. The Bertz CT molecular complexity index is 1010. The molecule has 2 heterocycles. The second-order valence-electron chi connectivity index (χ2n) is 7.40. The standard InChI is InChI=1S/C22H22N2O5/c1-29-22(28)17-13-24(18-10-5-4-7-14(17)18)19(25)11-6-12-23-20(26)15-8-2-3-9-16(15)21(23)27/h2-5,7,10,13,15-16H,6,8-9,11-12H2,1H3/t15-,16-/m1/s1. The van der Waals surface area contributed by atoms with Crippen LogP contribution in [0.1, 0.15) is 40.8 Å². The second kappa shape index (κ2) is 7.66. The SMILES string of the molecule is COC(=O)c1cn(C(=O)CCCN2C(=O)[C@@H]3CC=CC[C@H]3C2=O)c2ccccc12. The first-order chi connectivity index (χ1) is 14.0. The molecule has 0 bridgehead atoms. The van der Waals surface area contributed by atoms with Crippen molar-refractivity contribution in [1.82, 2.24) is 9.47 Å². The number of nitrogens with zero attached hydrogens (tertiary/aromatic N) is 2. The number of ether oxygens (including phenoxy) is 1. The van der Waals surface area contributed by atoms with E-state index in [0.717, 1.165) is 0 Å². The van der Waals surface area contributed by atoms with Crippen LogP contribution in [0.4, 0.5) is 0 Å². The Morgan fingerprint density at radius 2 is 1.72 bits per heavy atom. The molecule has 7 heteroatoms. The van der Waals surface area contributed by atoms with E-state index < -0.39 is 5.97 Å². The largest absolute Gasteiger partial charge is 0.465 e. The zero-order chi connectivity index (χ0) is 20.5. The molecule has 0 unspecified atom stereocenters. The number of aromatic nitrogens is 1. The fourth-order valence-corrected chi connectivity index (χ4v) is 4.26. The number of carbonyl (C=O) groups is 4. The Hall–Kier alpha value is -3.22. The number of amides is 2.